The summed E-state index contributed by atoms with van der Waals surface area (Å²) in [5, 5.41) is 21.5. The van der Waals surface area contributed by atoms with Crippen LogP contribution in [0.3, 0.4) is 0 Å². The van der Waals surface area contributed by atoms with Crippen molar-refractivity contribution in [3.63, 3.8) is 0 Å². The molecule has 0 spiro atoms. The number of rotatable bonds is 8. The van der Waals surface area contributed by atoms with Gasteiger partial charge in [-0.2, -0.15) is 11.8 Å². The van der Waals surface area contributed by atoms with E-state index in [0.717, 1.165) is 11.1 Å². The number of halogens is 2. The Labute approximate surface area is 151 Å². The molecule has 2 aromatic carbocycles. The standard InChI is InChI=1S/C18H20Cl2O2S/c19-15-5-1-13(2-6-15)9-17(21)11-23-12-18(22)10-14-3-7-16(20)8-4-14/h1-8,17-18,21-22H,9-12H2/t17-,18-/m0/s1. The molecule has 2 rings (SSSR count). The quantitative estimate of drug-likeness (QED) is 0.730. The van der Waals surface area contributed by atoms with E-state index in [4.69, 9.17) is 23.2 Å². The summed E-state index contributed by atoms with van der Waals surface area (Å²) in [6.07, 6.45) is 0.336. The van der Waals surface area contributed by atoms with Gasteiger partial charge < -0.3 is 10.2 Å². The van der Waals surface area contributed by atoms with Crippen LogP contribution < -0.4 is 0 Å². The van der Waals surface area contributed by atoms with Gasteiger partial charge in [-0.1, -0.05) is 47.5 Å². The summed E-state index contributed by atoms with van der Waals surface area (Å²) in [4.78, 5) is 0. The van der Waals surface area contributed by atoms with Crippen LogP contribution in [-0.2, 0) is 12.8 Å². The third kappa shape index (κ3) is 7.15. The second-order valence-electron chi connectivity index (χ2n) is 5.51. The Balaban J connectivity index is 1.67. The molecule has 124 valence electrons. The average Bonchev–Trinajstić information content (AvgIpc) is 2.52. The van der Waals surface area contributed by atoms with Gasteiger partial charge in [0.25, 0.3) is 0 Å². The normalized spacial score (nSPS) is 13.7. The number of hydrogen-bond donors (Lipinski definition) is 2. The van der Waals surface area contributed by atoms with Crippen LogP contribution in [0.2, 0.25) is 10.0 Å². The lowest BCUT2D eigenvalue weighted by molar-refractivity contribution is 0.195. The maximum Gasteiger partial charge on any atom is 0.0670 e. The number of benzene rings is 2. The van der Waals surface area contributed by atoms with Crippen LogP contribution >= 0.6 is 35.0 Å². The van der Waals surface area contributed by atoms with Crippen molar-refractivity contribution in [3.8, 4) is 0 Å². The van der Waals surface area contributed by atoms with Crippen LogP contribution in [0.15, 0.2) is 48.5 Å². The van der Waals surface area contributed by atoms with Crippen molar-refractivity contribution in [1.82, 2.24) is 0 Å². The molecule has 2 aromatic rings. The lowest BCUT2D eigenvalue weighted by atomic mass is 10.1. The highest BCUT2D eigenvalue weighted by Gasteiger charge is 2.10. The SMILES string of the molecule is O[C@H](CSC[C@@H](O)Cc1ccc(Cl)cc1)Cc1ccc(Cl)cc1. The lowest BCUT2D eigenvalue weighted by Crippen LogP contribution is -2.18. The molecule has 0 bridgehead atoms. The fourth-order valence-electron chi connectivity index (χ4n) is 2.24. The zero-order valence-corrected chi connectivity index (χ0v) is 15.0. The molecule has 2 atom stereocenters. The van der Waals surface area contributed by atoms with E-state index in [1.165, 1.54) is 0 Å². The molecule has 0 amide bonds. The highest BCUT2D eigenvalue weighted by Crippen LogP contribution is 2.16. The van der Waals surface area contributed by atoms with E-state index in [9.17, 15) is 10.2 Å². The minimum atomic E-state index is -0.427. The Bertz CT molecular complexity index is 533. The predicted molar refractivity (Wildman–Crippen MR) is 99.7 cm³/mol. The molecule has 0 fully saturated rings. The maximum atomic E-state index is 10.1. The molecule has 23 heavy (non-hydrogen) atoms. The summed E-state index contributed by atoms with van der Waals surface area (Å²) < 4.78 is 0. The lowest BCUT2D eigenvalue weighted by Gasteiger charge is -2.13. The molecule has 0 saturated carbocycles. The largest absolute Gasteiger partial charge is 0.392 e. The van der Waals surface area contributed by atoms with Gasteiger partial charge in [-0.15, -0.1) is 0 Å². The van der Waals surface area contributed by atoms with E-state index in [2.05, 4.69) is 0 Å². The van der Waals surface area contributed by atoms with Gasteiger partial charge in [0.15, 0.2) is 0 Å². The first-order valence-electron chi connectivity index (χ1n) is 7.45. The molecule has 0 aliphatic heterocycles. The first-order chi connectivity index (χ1) is 11.0. The van der Waals surface area contributed by atoms with Gasteiger partial charge in [0.2, 0.25) is 0 Å². The van der Waals surface area contributed by atoms with Crippen LogP contribution in [0.5, 0.6) is 0 Å². The maximum absolute atomic E-state index is 10.1. The fraction of sp³-hybridized carbons (Fsp3) is 0.333. The highest BCUT2D eigenvalue weighted by atomic mass is 35.5. The first kappa shape index (κ1) is 18.6. The van der Waals surface area contributed by atoms with Gasteiger partial charge in [0, 0.05) is 21.6 Å². The van der Waals surface area contributed by atoms with Crippen molar-refractivity contribution in [2.75, 3.05) is 11.5 Å². The van der Waals surface area contributed by atoms with Crippen molar-refractivity contribution < 1.29 is 10.2 Å². The molecule has 0 aromatic heterocycles. The molecule has 0 aliphatic rings. The predicted octanol–water partition coefficient (Wildman–Crippen LogP) is 4.23. The van der Waals surface area contributed by atoms with E-state index < -0.39 is 12.2 Å². The van der Waals surface area contributed by atoms with Crippen LogP contribution in [0.1, 0.15) is 11.1 Å². The Morgan fingerprint density at radius 3 is 1.39 bits per heavy atom. The van der Waals surface area contributed by atoms with Gasteiger partial charge >= 0.3 is 0 Å². The molecule has 0 saturated heterocycles. The minimum Gasteiger partial charge on any atom is -0.392 e. The van der Waals surface area contributed by atoms with Crippen molar-refractivity contribution in [2.24, 2.45) is 0 Å². The monoisotopic (exact) mass is 370 g/mol. The van der Waals surface area contributed by atoms with Gasteiger partial charge in [-0.05, 0) is 48.2 Å². The van der Waals surface area contributed by atoms with Crippen molar-refractivity contribution >= 4 is 35.0 Å². The zero-order valence-electron chi connectivity index (χ0n) is 12.7. The van der Waals surface area contributed by atoms with Crippen molar-refractivity contribution in [2.45, 2.75) is 25.0 Å². The van der Waals surface area contributed by atoms with E-state index in [0.29, 0.717) is 34.4 Å². The summed E-state index contributed by atoms with van der Waals surface area (Å²) in [6, 6.07) is 15.0. The summed E-state index contributed by atoms with van der Waals surface area (Å²) in [6.45, 7) is 0. The third-order valence-electron chi connectivity index (χ3n) is 3.39. The average molecular weight is 371 g/mol. The Morgan fingerprint density at radius 2 is 1.04 bits per heavy atom. The topological polar surface area (TPSA) is 40.5 Å². The van der Waals surface area contributed by atoms with E-state index in [1.54, 1.807) is 11.8 Å². The summed E-state index contributed by atoms with van der Waals surface area (Å²) >= 11 is 13.2. The third-order valence-corrected chi connectivity index (χ3v) is 5.13. The van der Waals surface area contributed by atoms with E-state index in [1.807, 2.05) is 48.5 Å². The second-order valence-corrected chi connectivity index (χ2v) is 7.45. The number of hydrogen-bond acceptors (Lipinski definition) is 3. The molecule has 2 nitrogen and oxygen atoms in total. The van der Waals surface area contributed by atoms with Gasteiger partial charge in [-0.25, -0.2) is 0 Å². The van der Waals surface area contributed by atoms with E-state index in [-0.39, 0.29) is 0 Å². The van der Waals surface area contributed by atoms with Gasteiger partial charge in [-0.3, -0.25) is 0 Å². The van der Waals surface area contributed by atoms with Gasteiger partial charge in [0.1, 0.15) is 0 Å². The van der Waals surface area contributed by atoms with Crippen LogP contribution in [-0.4, -0.2) is 33.9 Å². The van der Waals surface area contributed by atoms with E-state index >= 15 is 0 Å². The number of aliphatic hydroxyl groups is 2. The van der Waals surface area contributed by atoms with Crippen molar-refractivity contribution in [3.05, 3.63) is 69.7 Å². The smallest absolute Gasteiger partial charge is 0.0670 e. The molecule has 0 unspecified atom stereocenters. The minimum absolute atomic E-state index is 0.427. The van der Waals surface area contributed by atoms with Crippen LogP contribution in [0.4, 0.5) is 0 Å². The van der Waals surface area contributed by atoms with Crippen molar-refractivity contribution in [1.29, 1.82) is 0 Å². The Hall–Kier alpha value is -0.710. The Morgan fingerprint density at radius 1 is 0.696 bits per heavy atom. The molecule has 2 N–H and O–H groups in total. The first-order valence-corrected chi connectivity index (χ1v) is 9.37. The molecule has 5 heteroatoms. The summed E-state index contributed by atoms with van der Waals surface area (Å²) in [5.41, 5.74) is 2.12. The molecular weight excluding hydrogens is 351 g/mol. The number of thioether (sulfide) groups is 1. The summed E-state index contributed by atoms with van der Waals surface area (Å²) in [7, 11) is 0. The highest BCUT2D eigenvalue weighted by molar-refractivity contribution is 7.99. The van der Waals surface area contributed by atoms with Crippen LogP contribution in [0.25, 0.3) is 0 Å². The summed E-state index contributed by atoms with van der Waals surface area (Å²) in [5.74, 6) is 1.20. The molecular formula is C18H20Cl2O2S. The second kappa shape index (κ2) is 9.55. The molecule has 0 aliphatic carbocycles. The molecule has 0 radical (unpaired) electrons. The Kier molecular flexibility index (Phi) is 7.74. The fourth-order valence-corrected chi connectivity index (χ4v) is 3.41. The van der Waals surface area contributed by atoms with Crippen LogP contribution in [0, 0.1) is 0 Å². The van der Waals surface area contributed by atoms with Gasteiger partial charge in [0.05, 0.1) is 12.2 Å². The zero-order chi connectivity index (χ0) is 16.7. The number of aliphatic hydroxyl groups excluding tert-OH is 2. The molecule has 0 heterocycles.